The Kier molecular flexibility index (Phi) is 5.74. The molecule has 3 aromatic rings. The second kappa shape index (κ2) is 8.45. The molecular weight excluding hydrogens is 400 g/mol. The average molecular weight is 425 g/mol. The third-order valence-electron chi connectivity index (χ3n) is 5.39. The maximum atomic E-state index is 12.5. The van der Waals surface area contributed by atoms with E-state index in [4.69, 9.17) is 17.3 Å². The van der Waals surface area contributed by atoms with E-state index >= 15 is 0 Å². The number of benzene rings is 1. The predicted molar refractivity (Wildman–Crippen MR) is 120 cm³/mol. The number of anilines is 1. The molecule has 3 heterocycles. The van der Waals surface area contributed by atoms with Crippen molar-refractivity contribution in [3.8, 4) is 11.1 Å². The van der Waals surface area contributed by atoms with Gasteiger partial charge in [0.25, 0.3) is 0 Å². The van der Waals surface area contributed by atoms with Crippen molar-refractivity contribution in [1.82, 2.24) is 24.3 Å². The molecular formula is C22H25ClN6O. The van der Waals surface area contributed by atoms with Crippen LogP contribution in [0.3, 0.4) is 0 Å². The lowest BCUT2D eigenvalue weighted by Crippen LogP contribution is -2.27. The quantitative estimate of drug-likeness (QED) is 0.636. The van der Waals surface area contributed by atoms with E-state index in [1.54, 1.807) is 6.08 Å². The van der Waals surface area contributed by atoms with Crippen molar-refractivity contribution in [1.29, 1.82) is 0 Å². The molecule has 0 bridgehead atoms. The summed E-state index contributed by atoms with van der Waals surface area (Å²) >= 11 is 6.06. The SMILES string of the molecule is CN(C)C/C=C/C(=O)N1CC[C@@H](n2cc(-c3ccc(Cl)cc3)c3c(N)ncnc32)C1. The number of hydrogen-bond donors (Lipinski definition) is 1. The predicted octanol–water partition coefficient (Wildman–Crippen LogP) is 3.23. The Morgan fingerprint density at radius 2 is 2.07 bits per heavy atom. The Labute approximate surface area is 180 Å². The summed E-state index contributed by atoms with van der Waals surface area (Å²) in [6, 6.07) is 7.78. The van der Waals surface area contributed by atoms with Crippen molar-refractivity contribution in [3.05, 3.63) is 54.0 Å². The van der Waals surface area contributed by atoms with Crippen LogP contribution < -0.4 is 5.73 Å². The molecule has 0 radical (unpaired) electrons. The first-order chi connectivity index (χ1) is 14.4. The molecule has 1 fully saturated rings. The summed E-state index contributed by atoms with van der Waals surface area (Å²) in [7, 11) is 3.95. The number of amides is 1. The van der Waals surface area contributed by atoms with Crippen LogP contribution in [0, 0.1) is 0 Å². The molecule has 1 aromatic carbocycles. The van der Waals surface area contributed by atoms with Gasteiger partial charge in [0.2, 0.25) is 5.91 Å². The van der Waals surface area contributed by atoms with Crippen LogP contribution in [0.2, 0.25) is 5.02 Å². The molecule has 0 aliphatic carbocycles. The molecule has 7 nitrogen and oxygen atoms in total. The van der Waals surface area contributed by atoms with E-state index in [1.807, 2.05) is 54.2 Å². The van der Waals surface area contributed by atoms with Gasteiger partial charge < -0.3 is 20.1 Å². The zero-order valence-electron chi connectivity index (χ0n) is 17.1. The summed E-state index contributed by atoms with van der Waals surface area (Å²) in [5.74, 6) is 0.490. The molecule has 4 rings (SSSR count). The van der Waals surface area contributed by atoms with Gasteiger partial charge in [0.15, 0.2) is 0 Å². The molecule has 0 saturated carbocycles. The highest BCUT2D eigenvalue weighted by Crippen LogP contribution is 2.36. The first-order valence-electron chi connectivity index (χ1n) is 9.91. The van der Waals surface area contributed by atoms with Crippen LogP contribution in [-0.2, 0) is 4.79 Å². The minimum Gasteiger partial charge on any atom is -0.383 e. The first kappa shape index (κ1) is 20.4. The number of nitrogens with two attached hydrogens (primary N) is 1. The fraction of sp³-hybridized carbons (Fsp3) is 0.318. The summed E-state index contributed by atoms with van der Waals surface area (Å²) in [5, 5.41) is 1.51. The number of carbonyl (C=O) groups excluding carboxylic acids is 1. The third-order valence-corrected chi connectivity index (χ3v) is 5.65. The Balaban J connectivity index is 1.64. The second-order valence-electron chi connectivity index (χ2n) is 7.81. The number of nitrogen functional groups attached to an aromatic ring is 1. The van der Waals surface area contributed by atoms with Crippen molar-refractivity contribution in [2.45, 2.75) is 12.5 Å². The van der Waals surface area contributed by atoms with Gasteiger partial charge in [-0.25, -0.2) is 9.97 Å². The number of aromatic nitrogens is 3. The fourth-order valence-corrected chi connectivity index (χ4v) is 4.00. The molecule has 1 aliphatic rings. The molecule has 2 N–H and O–H groups in total. The molecule has 0 spiro atoms. The minimum absolute atomic E-state index is 0.0443. The van der Waals surface area contributed by atoms with Gasteiger partial charge in [-0.2, -0.15) is 0 Å². The van der Waals surface area contributed by atoms with Gasteiger partial charge >= 0.3 is 0 Å². The Hall–Kier alpha value is -2.90. The molecule has 2 aromatic heterocycles. The van der Waals surface area contributed by atoms with Crippen LogP contribution in [0.1, 0.15) is 12.5 Å². The Morgan fingerprint density at radius 1 is 1.30 bits per heavy atom. The van der Waals surface area contributed by atoms with Crippen molar-refractivity contribution in [3.63, 3.8) is 0 Å². The normalized spacial score (nSPS) is 16.9. The van der Waals surface area contributed by atoms with E-state index in [1.165, 1.54) is 6.33 Å². The van der Waals surface area contributed by atoms with Crippen LogP contribution in [-0.4, -0.2) is 64.0 Å². The number of nitrogens with zero attached hydrogens (tertiary/aromatic N) is 5. The van der Waals surface area contributed by atoms with Crippen molar-refractivity contribution >= 4 is 34.4 Å². The maximum Gasteiger partial charge on any atom is 0.246 e. The van der Waals surface area contributed by atoms with Crippen LogP contribution in [0.25, 0.3) is 22.2 Å². The second-order valence-corrected chi connectivity index (χ2v) is 8.24. The largest absolute Gasteiger partial charge is 0.383 e. The first-order valence-corrected chi connectivity index (χ1v) is 10.3. The monoisotopic (exact) mass is 424 g/mol. The van der Waals surface area contributed by atoms with Crippen LogP contribution in [0.4, 0.5) is 5.82 Å². The van der Waals surface area contributed by atoms with Crippen LogP contribution in [0.15, 0.2) is 48.9 Å². The lowest BCUT2D eigenvalue weighted by molar-refractivity contribution is -0.125. The van der Waals surface area contributed by atoms with Gasteiger partial charge in [0.05, 0.1) is 11.4 Å². The smallest absolute Gasteiger partial charge is 0.246 e. The van der Waals surface area contributed by atoms with Crippen molar-refractivity contribution in [2.24, 2.45) is 0 Å². The lowest BCUT2D eigenvalue weighted by atomic mass is 10.1. The topological polar surface area (TPSA) is 80.3 Å². The minimum atomic E-state index is 0.0443. The number of carbonyl (C=O) groups is 1. The maximum absolute atomic E-state index is 12.5. The molecule has 1 saturated heterocycles. The van der Waals surface area contributed by atoms with E-state index < -0.39 is 0 Å². The average Bonchev–Trinajstić information content (AvgIpc) is 3.34. The lowest BCUT2D eigenvalue weighted by Gasteiger charge is -2.16. The summed E-state index contributed by atoms with van der Waals surface area (Å²) in [4.78, 5) is 25.1. The number of halogens is 1. The molecule has 30 heavy (non-hydrogen) atoms. The van der Waals surface area contributed by atoms with E-state index in [0.717, 1.165) is 35.1 Å². The summed E-state index contributed by atoms with van der Waals surface area (Å²) in [5.41, 5.74) is 8.98. The number of rotatable bonds is 5. The van der Waals surface area contributed by atoms with E-state index in [0.29, 0.717) is 23.9 Å². The third kappa shape index (κ3) is 4.04. The number of likely N-dealkylation sites (tertiary alicyclic amines) is 1. The standard InChI is InChI=1S/C22H25ClN6O/c1-27(2)10-3-4-19(30)28-11-9-17(12-28)29-13-18(15-5-7-16(23)8-6-15)20-21(24)25-14-26-22(20)29/h3-8,13-14,17H,9-12H2,1-2H3,(H2,24,25,26)/b4-3+/t17-/m1/s1. The molecule has 0 unspecified atom stereocenters. The van der Waals surface area contributed by atoms with Gasteiger partial charge in [-0.05, 0) is 38.2 Å². The number of hydrogen-bond acceptors (Lipinski definition) is 5. The van der Waals surface area contributed by atoms with Crippen molar-refractivity contribution < 1.29 is 4.79 Å². The highest BCUT2D eigenvalue weighted by atomic mass is 35.5. The van der Waals surface area contributed by atoms with E-state index in [2.05, 4.69) is 20.7 Å². The Morgan fingerprint density at radius 3 is 2.80 bits per heavy atom. The van der Waals surface area contributed by atoms with Crippen molar-refractivity contribution in [2.75, 3.05) is 39.5 Å². The summed E-state index contributed by atoms with van der Waals surface area (Å²) in [6.45, 7) is 2.09. The number of likely N-dealkylation sites (N-methyl/N-ethyl adjacent to an activating group) is 1. The number of fused-ring (bicyclic) bond motifs is 1. The fourth-order valence-electron chi connectivity index (χ4n) is 3.87. The zero-order chi connectivity index (χ0) is 21.3. The van der Waals surface area contributed by atoms with Gasteiger partial charge in [0, 0.05) is 42.5 Å². The van der Waals surface area contributed by atoms with Gasteiger partial charge in [-0.15, -0.1) is 0 Å². The van der Waals surface area contributed by atoms with Crippen LogP contribution in [0.5, 0.6) is 0 Å². The van der Waals surface area contributed by atoms with Gasteiger partial charge in [-0.1, -0.05) is 29.8 Å². The van der Waals surface area contributed by atoms with Gasteiger partial charge in [0.1, 0.15) is 17.8 Å². The molecule has 8 heteroatoms. The van der Waals surface area contributed by atoms with Gasteiger partial charge in [-0.3, -0.25) is 4.79 Å². The molecule has 1 atom stereocenters. The Bertz CT molecular complexity index is 1090. The van der Waals surface area contributed by atoms with Crippen LogP contribution >= 0.6 is 11.6 Å². The highest BCUT2D eigenvalue weighted by Gasteiger charge is 2.28. The summed E-state index contributed by atoms with van der Waals surface area (Å²) in [6.07, 6.45) is 7.98. The highest BCUT2D eigenvalue weighted by molar-refractivity contribution is 6.30. The van der Waals surface area contributed by atoms with E-state index in [9.17, 15) is 4.79 Å². The van der Waals surface area contributed by atoms with E-state index in [-0.39, 0.29) is 11.9 Å². The molecule has 1 amide bonds. The molecule has 1 aliphatic heterocycles. The molecule has 156 valence electrons. The summed E-state index contributed by atoms with van der Waals surface area (Å²) < 4.78 is 2.13. The zero-order valence-corrected chi connectivity index (χ0v) is 17.9.